The van der Waals surface area contributed by atoms with Crippen molar-refractivity contribution in [1.29, 1.82) is 0 Å². The summed E-state index contributed by atoms with van der Waals surface area (Å²) < 4.78 is 12.1. The molecule has 94 valence electrons. The van der Waals surface area contributed by atoms with E-state index in [9.17, 15) is 0 Å². The van der Waals surface area contributed by atoms with E-state index in [1.807, 2.05) is 0 Å². The van der Waals surface area contributed by atoms with Crippen molar-refractivity contribution in [2.45, 2.75) is 51.9 Å². The Morgan fingerprint density at radius 3 is 2.65 bits per heavy atom. The first kappa shape index (κ1) is 9.80. The Morgan fingerprint density at radius 2 is 1.94 bits per heavy atom. The molecule has 2 spiro atoms. The second-order valence-electron chi connectivity index (χ2n) is 7.49. The molecule has 4 aliphatic carbocycles. The maximum absolute atomic E-state index is 6.43. The molecule has 1 heterocycles. The molecule has 5 rings (SSSR count). The molecule has 17 heavy (non-hydrogen) atoms. The lowest BCUT2D eigenvalue weighted by atomic mass is 9.70. The Labute approximate surface area is 103 Å². The summed E-state index contributed by atoms with van der Waals surface area (Å²) >= 11 is 0. The number of hydrogen-bond donors (Lipinski definition) is 0. The Bertz CT molecular complexity index is 421. The lowest BCUT2D eigenvalue weighted by Gasteiger charge is -2.50. The van der Waals surface area contributed by atoms with Crippen LogP contribution in [-0.2, 0) is 9.47 Å². The first-order chi connectivity index (χ1) is 8.09. The van der Waals surface area contributed by atoms with Crippen molar-refractivity contribution in [2.24, 2.45) is 34.5 Å². The van der Waals surface area contributed by atoms with Gasteiger partial charge < -0.3 is 9.47 Å². The summed E-state index contributed by atoms with van der Waals surface area (Å²) in [6, 6.07) is 0. The molecular weight excluding hydrogens is 212 g/mol. The minimum absolute atomic E-state index is 0.0108. The van der Waals surface area contributed by atoms with Gasteiger partial charge in [0, 0.05) is 11.3 Å². The molecule has 0 aromatic carbocycles. The topological polar surface area (TPSA) is 18.5 Å². The molecule has 2 nitrogen and oxygen atoms in total. The first-order valence-corrected chi connectivity index (χ1v) is 7.38. The van der Waals surface area contributed by atoms with Crippen molar-refractivity contribution < 1.29 is 9.47 Å². The number of hydrogen-bond acceptors (Lipinski definition) is 2. The fourth-order valence-electron chi connectivity index (χ4n) is 7.19. The Kier molecular flexibility index (Phi) is 1.35. The zero-order valence-electron chi connectivity index (χ0n) is 11.0. The van der Waals surface area contributed by atoms with Crippen LogP contribution in [0.1, 0.15) is 40.0 Å². The van der Waals surface area contributed by atoms with E-state index in [4.69, 9.17) is 9.47 Å². The van der Waals surface area contributed by atoms with Crippen LogP contribution >= 0.6 is 0 Å². The number of fused-ring (bicyclic) bond motifs is 3. The van der Waals surface area contributed by atoms with Crippen LogP contribution < -0.4 is 0 Å². The molecule has 8 atom stereocenters. The number of rotatable bonds is 0. The van der Waals surface area contributed by atoms with Crippen LogP contribution in [0.2, 0.25) is 0 Å². The van der Waals surface area contributed by atoms with Crippen LogP contribution in [0.5, 0.6) is 0 Å². The van der Waals surface area contributed by atoms with Gasteiger partial charge in [-0.15, -0.1) is 0 Å². The molecule has 0 aromatic rings. The van der Waals surface area contributed by atoms with Gasteiger partial charge in [0.1, 0.15) is 0 Å². The summed E-state index contributed by atoms with van der Waals surface area (Å²) in [4.78, 5) is 0. The van der Waals surface area contributed by atoms with Crippen molar-refractivity contribution in [3.8, 4) is 0 Å². The highest BCUT2D eigenvalue weighted by atomic mass is 16.7. The monoisotopic (exact) mass is 234 g/mol. The summed E-state index contributed by atoms with van der Waals surface area (Å²) in [5, 5.41) is 0. The third kappa shape index (κ3) is 0.669. The van der Waals surface area contributed by atoms with Gasteiger partial charge in [0.15, 0.2) is 6.29 Å². The Balaban J connectivity index is 1.62. The molecule has 4 saturated carbocycles. The van der Waals surface area contributed by atoms with E-state index in [1.54, 1.807) is 0 Å². The highest BCUT2D eigenvalue weighted by molar-refractivity contribution is 5.47. The van der Waals surface area contributed by atoms with E-state index in [0.29, 0.717) is 11.3 Å². The lowest BCUT2D eigenvalue weighted by molar-refractivity contribution is -0.296. The van der Waals surface area contributed by atoms with E-state index >= 15 is 0 Å². The predicted octanol–water partition coefficient (Wildman–Crippen LogP) is 2.82. The van der Waals surface area contributed by atoms with E-state index in [-0.39, 0.29) is 11.9 Å². The van der Waals surface area contributed by atoms with Crippen LogP contribution in [-0.4, -0.2) is 18.5 Å². The second kappa shape index (κ2) is 2.34. The third-order valence-electron chi connectivity index (χ3n) is 7.62. The second-order valence-corrected chi connectivity index (χ2v) is 7.49. The molecule has 5 fully saturated rings. The lowest BCUT2D eigenvalue weighted by Crippen LogP contribution is -2.55. The average molecular weight is 234 g/mol. The minimum atomic E-state index is 0.0108. The highest BCUT2D eigenvalue weighted by Crippen LogP contribution is 3.02. The van der Waals surface area contributed by atoms with Crippen molar-refractivity contribution >= 4 is 0 Å². The van der Waals surface area contributed by atoms with Gasteiger partial charge in [0.2, 0.25) is 0 Å². The molecule has 2 heteroatoms. The maximum atomic E-state index is 6.43. The van der Waals surface area contributed by atoms with E-state index in [2.05, 4.69) is 20.8 Å². The molecule has 0 amide bonds. The predicted molar refractivity (Wildman–Crippen MR) is 63.3 cm³/mol. The molecule has 1 aliphatic heterocycles. The quantitative estimate of drug-likeness (QED) is 0.641. The smallest absolute Gasteiger partial charge is 0.155 e. The molecule has 7 unspecified atom stereocenters. The van der Waals surface area contributed by atoms with Crippen molar-refractivity contribution in [3.05, 3.63) is 0 Å². The van der Waals surface area contributed by atoms with Crippen LogP contribution in [0.3, 0.4) is 0 Å². The molecule has 0 radical (unpaired) electrons. The molecule has 1 saturated heterocycles. The number of ether oxygens (including phenoxy) is 2. The van der Waals surface area contributed by atoms with Crippen molar-refractivity contribution in [3.63, 3.8) is 0 Å². The van der Waals surface area contributed by atoms with Gasteiger partial charge in [-0.2, -0.15) is 0 Å². The Morgan fingerprint density at radius 1 is 1.12 bits per heavy atom. The summed E-state index contributed by atoms with van der Waals surface area (Å²) in [6.07, 6.45) is 4.34. The van der Waals surface area contributed by atoms with Gasteiger partial charge in [-0.25, -0.2) is 0 Å². The van der Waals surface area contributed by atoms with Gasteiger partial charge >= 0.3 is 0 Å². The van der Waals surface area contributed by atoms with Gasteiger partial charge in [-0.05, 0) is 49.4 Å². The molecule has 5 aliphatic rings. The van der Waals surface area contributed by atoms with Crippen LogP contribution in [0, 0.1) is 34.5 Å². The average Bonchev–Trinajstić information content (AvgIpc) is 2.95. The normalized spacial score (nSPS) is 74.6. The summed E-state index contributed by atoms with van der Waals surface area (Å²) in [5.74, 6) is 3.67. The molecular formula is C15H22O2. The van der Waals surface area contributed by atoms with E-state index in [0.717, 1.165) is 29.8 Å². The third-order valence-corrected chi connectivity index (χ3v) is 7.62. The summed E-state index contributed by atoms with van der Waals surface area (Å²) in [6.45, 7) is 7.87. The molecule has 0 aromatic heterocycles. The SMILES string of the molecule is CC1OC[C@H](C)C2(CC3C4CCC5C43C52C)O1. The highest BCUT2D eigenvalue weighted by Gasteiger charge is 3.00. The summed E-state index contributed by atoms with van der Waals surface area (Å²) in [5.41, 5.74) is 1.42. The maximum Gasteiger partial charge on any atom is 0.155 e. The standard InChI is InChI=1S/C15H22O2/c1-8-7-16-9(2)17-14(8)6-11-10-4-5-12-13(14,3)15(10,11)12/h8-12H,4-7H2,1-3H3/t8-,9?,10?,11?,12?,13?,14?,15?/m0/s1. The van der Waals surface area contributed by atoms with Crippen LogP contribution in [0.4, 0.5) is 0 Å². The first-order valence-electron chi connectivity index (χ1n) is 7.38. The molecule has 0 bridgehead atoms. The Hall–Kier alpha value is -0.0800. The zero-order valence-corrected chi connectivity index (χ0v) is 11.0. The van der Waals surface area contributed by atoms with E-state index in [1.165, 1.54) is 19.3 Å². The van der Waals surface area contributed by atoms with Gasteiger partial charge in [0.05, 0.1) is 12.2 Å². The van der Waals surface area contributed by atoms with E-state index < -0.39 is 0 Å². The zero-order chi connectivity index (χ0) is 11.6. The van der Waals surface area contributed by atoms with Crippen molar-refractivity contribution in [2.75, 3.05) is 6.61 Å². The van der Waals surface area contributed by atoms with Crippen LogP contribution in [0.15, 0.2) is 0 Å². The largest absolute Gasteiger partial charge is 0.353 e. The fraction of sp³-hybridized carbons (Fsp3) is 1.00. The molecule has 0 N–H and O–H groups in total. The van der Waals surface area contributed by atoms with Crippen LogP contribution in [0.25, 0.3) is 0 Å². The van der Waals surface area contributed by atoms with Gasteiger partial charge in [0.25, 0.3) is 0 Å². The van der Waals surface area contributed by atoms with Gasteiger partial charge in [-0.1, -0.05) is 13.8 Å². The van der Waals surface area contributed by atoms with Crippen molar-refractivity contribution in [1.82, 2.24) is 0 Å². The summed E-state index contributed by atoms with van der Waals surface area (Å²) in [7, 11) is 0. The minimum Gasteiger partial charge on any atom is -0.353 e. The van der Waals surface area contributed by atoms with Gasteiger partial charge in [-0.3, -0.25) is 0 Å². The fourth-order valence-corrected chi connectivity index (χ4v) is 7.19.